The van der Waals surface area contributed by atoms with Crippen LogP contribution in [0.2, 0.25) is 0 Å². The maximum Gasteiger partial charge on any atom is 0.410 e. The molecular weight excluding hydrogens is 204 g/mol. The number of amides is 1. The molecule has 0 bridgehead atoms. The Morgan fingerprint density at radius 2 is 2.06 bits per heavy atom. The number of nitrogens with one attached hydrogen (secondary N) is 1. The molecule has 1 aliphatic rings. The van der Waals surface area contributed by atoms with Gasteiger partial charge in [0.05, 0.1) is 0 Å². The lowest BCUT2D eigenvalue weighted by atomic mass is 10.2. The van der Waals surface area contributed by atoms with E-state index in [0.29, 0.717) is 6.04 Å². The number of hydrogen-bond acceptors (Lipinski definition) is 3. The molecule has 1 atom stereocenters. The van der Waals surface area contributed by atoms with Crippen molar-refractivity contribution in [1.82, 2.24) is 10.2 Å². The molecule has 1 rings (SSSR count). The zero-order valence-corrected chi connectivity index (χ0v) is 10.9. The van der Waals surface area contributed by atoms with Gasteiger partial charge >= 0.3 is 6.09 Å². The molecule has 0 aromatic rings. The topological polar surface area (TPSA) is 41.6 Å². The Kier molecular flexibility index (Phi) is 4.59. The van der Waals surface area contributed by atoms with E-state index in [1.807, 2.05) is 25.7 Å². The highest BCUT2D eigenvalue weighted by Crippen LogP contribution is 2.11. The summed E-state index contributed by atoms with van der Waals surface area (Å²) in [6.45, 7) is 10.4. The number of rotatable bonds is 0. The van der Waals surface area contributed by atoms with E-state index in [1.165, 1.54) is 0 Å². The third kappa shape index (κ3) is 4.84. The van der Waals surface area contributed by atoms with Gasteiger partial charge in [-0.1, -0.05) is 0 Å². The number of hydrogen-bond donors (Lipinski definition) is 1. The van der Waals surface area contributed by atoms with Gasteiger partial charge in [0, 0.05) is 19.1 Å². The third-order valence-electron chi connectivity index (χ3n) is 2.49. The van der Waals surface area contributed by atoms with Crippen LogP contribution in [-0.2, 0) is 4.74 Å². The molecule has 4 heteroatoms. The predicted octanol–water partition coefficient (Wildman–Crippen LogP) is 2.00. The molecule has 1 aliphatic heterocycles. The number of ether oxygens (including phenoxy) is 1. The summed E-state index contributed by atoms with van der Waals surface area (Å²) in [4.78, 5) is 13.7. The first-order valence-corrected chi connectivity index (χ1v) is 6.10. The molecule has 1 saturated heterocycles. The van der Waals surface area contributed by atoms with Gasteiger partial charge in [0.2, 0.25) is 0 Å². The molecule has 0 aromatic heterocycles. The summed E-state index contributed by atoms with van der Waals surface area (Å²) in [6.07, 6.45) is 1.96. The van der Waals surface area contributed by atoms with Crippen molar-refractivity contribution in [2.24, 2.45) is 0 Å². The summed E-state index contributed by atoms with van der Waals surface area (Å²) >= 11 is 0. The largest absolute Gasteiger partial charge is 0.444 e. The van der Waals surface area contributed by atoms with Gasteiger partial charge in [-0.05, 0) is 47.1 Å². The van der Waals surface area contributed by atoms with Crippen LogP contribution in [0.1, 0.15) is 40.5 Å². The lowest BCUT2D eigenvalue weighted by molar-refractivity contribution is 0.0223. The van der Waals surface area contributed by atoms with Crippen molar-refractivity contribution >= 4 is 6.09 Å². The SMILES string of the molecule is CC1CN(C(=O)OC(C)(C)C)CCCCN1. The Morgan fingerprint density at radius 3 is 2.69 bits per heavy atom. The Morgan fingerprint density at radius 1 is 1.38 bits per heavy atom. The monoisotopic (exact) mass is 228 g/mol. The van der Waals surface area contributed by atoms with Crippen molar-refractivity contribution in [3.8, 4) is 0 Å². The van der Waals surface area contributed by atoms with Crippen LogP contribution in [0.25, 0.3) is 0 Å². The van der Waals surface area contributed by atoms with Crippen molar-refractivity contribution < 1.29 is 9.53 Å². The van der Waals surface area contributed by atoms with Crippen LogP contribution < -0.4 is 5.32 Å². The van der Waals surface area contributed by atoms with Gasteiger partial charge in [0.25, 0.3) is 0 Å². The van der Waals surface area contributed by atoms with Crippen LogP contribution in [-0.4, -0.2) is 42.3 Å². The first-order chi connectivity index (χ1) is 7.38. The average molecular weight is 228 g/mol. The Labute approximate surface area is 98.3 Å². The Bertz CT molecular complexity index is 236. The molecule has 94 valence electrons. The number of nitrogens with zero attached hydrogens (tertiary/aromatic N) is 1. The minimum Gasteiger partial charge on any atom is -0.444 e. The second kappa shape index (κ2) is 5.53. The first kappa shape index (κ1) is 13.3. The summed E-state index contributed by atoms with van der Waals surface area (Å²) in [5.74, 6) is 0. The van der Waals surface area contributed by atoms with Crippen LogP contribution in [0, 0.1) is 0 Å². The van der Waals surface area contributed by atoms with E-state index in [9.17, 15) is 4.79 Å². The van der Waals surface area contributed by atoms with Gasteiger partial charge in [0.15, 0.2) is 0 Å². The fourth-order valence-electron chi connectivity index (χ4n) is 1.75. The molecule has 0 spiro atoms. The quantitative estimate of drug-likeness (QED) is 0.689. The van der Waals surface area contributed by atoms with E-state index in [0.717, 1.165) is 32.5 Å². The highest BCUT2D eigenvalue weighted by Gasteiger charge is 2.23. The van der Waals surface area contributed by atoms with Gasteiger partial charge < -0.3 is 15.0 Å². The molecule has 0 radical (unpaired) electrons. The van der Waals surface area contributed by atoms with Crippen molar-refractivity contribution in [3.63, 3.8) is 0 Å². The zero-order chi connectivity index (χ0) is 12.2. The van der Waals surface area contributed by atoms with Crippen LogP contribution in [0.4, 0.5) is 4.79 Å². The van der Waals surface area contributed by atoms with Gasteiger partial charge in [-0.2, -0.15) is 0 Å². The second-order valence-electron chi connectivity index (χ2n) is 5.49. The second-order valence-corrected chi connectivity index (χ2v) is 5.49. The van der Waals surface area contributed by atoms with Crippen molar-refractivity contribution in [2.75, 3.05) is 19.6 Å². The zero-order valence-electron chi connectivity index (χ0n) is 10.9. The van der Waals surface area contributed by atoms with E-state index in [2.05, 4.69) is 12.2 Å². The summed E-state index contributed by atoms with van der Waals surface area (Å²) < 4.78 is 5.38. The molecule has 1 unspecified atom stereocenters. The van der Waals surface area contributed by atoms with Crippen molar-refractivity contribution in [3.05, 3.63) is 0 Å². The van der Waals surface area contributed by atoms with Crippen molar-refractivity contribution in [1.29, 1.82) is 0 Å². The van der Waals surface area contributed by atoms with Crippen LogP contribution in [0.3, 0.4) is 0 Å². The highest BCUT2D eigenvalue weighted by atomic mass is 16.6. The summed E-state index contributed by atoms with van der Waals surface area (Å²) in [6, 6.07) is 0.341. The summed E-state index contributed by atoms with van der Waals surface area (Å²) in [5, 5.41) is 3.38. The van der Waals surface area contributed by atoms with Gasteiger partial charge in [-0.3, -0.25) is 0 Å². The van der Waals surface area contributed by atoms with E-state index in [4.69, 9.17) is 4.74 Å². The predicted molar refractivity (Wildman–Crippen MR) is 64.5 cm³/mol. The van der Waals surface area contributed by atoms with E-state index in [-0.39, 0.29) is 6.09 Å². The van der Waals surface area contributed by atoms with Crippen LogP contribution in [0.5, 0.6) is 0 Å². The molecule has 4 nitrogen and oxygen atoms in total. The fraction of sp³-hybridized carbons (Fsp3) is 0.917. The number of carbonyl (C=O) groups excluding carboxylic acids is 1. The number of carbonyl (C=O) groups is 1. The van der Waals surface area contributed by atoms with Crippen LogP contribution in [0.15, 0.2) is 0 Å². The van der Waals surface area contributed by atoms with E-state index < -0.39 is 5.60 Å². The maximum absolute atomic E-state index is 11.9. The lowest BCUT2D eigenvalue weighted by Crippen LogP contribution is -2.46. The Balaban J connectivity index is 2.51. The average Bonchev–Trinajstić information content (AvgIpc) is 2.07. The lowest BCUT2D eigenvalue weighted by Gasteiger charge is -2.31. The van der Waals surface area contributed by atoms with Gasteiger partial charge in [0.1, 0.15) is 5.60 Å². The third-order valence-corrected chi connectivity index (χ3v) is 2.49. The van der Waals surface area contributed by atoms with Crippen molar-refractivity contribution in [2.45, 2.75) is 52.2 Å². The van der Waals surface area contributed by atoms with Crippen LogP contribution >= 0.6 is 0 Å². The summed E-state index contributed by atoms with van der Waals surface area (Å²) in [7, 11) is 0. The normalized spacial score (nSPS) is 23.5. The van der Waals surface area contributed by atoms with Gasteiger partial charge in [-0.25, -0.2) is 4.79 Å². The molecule has 1 N–H and O–H groups in total. The van der Waals surface area contributed by atoms with Gasteiger partial charge in [-0.15, -0.1) is 0 Å². The molecule has 0 aromatic carbocycles. The molecular formula is C12H24N2O2. The minimum atomic E-state index is -0.407. The first-order valence-electron chi connectivity index (χ1n) is 6.10. The molecule has 1 amide bonds. The molecule has 1 fully saturated rings. The van der Waals surface area contributed by atoms with E-state index >= 15 is 0 Å². The Hall–Kier alpha value is -0.770. The molecule has 16 heavy (non-hydrogen) atoms. The molecule has 0 saturated carbocycles. The smallest absolute Gasteiger partial charge is 0.410 e. The van der Waals surface area contributed by atoms with E-state index in [1.54, 1.807) is 0 Å². The molecule has 0 aliphatic carbocycles. The standard InChI is InChI=1S/C12H24N2O2/c1-10-9-14(8-6-5-7-13-10)11(15)16-12(2,3)4/h10,13H,5-9H2,1-4H3. The minimum absolute atomic E-state index is 0.192. The maximum atomic E-state index is 11.9. The fourth-order valence-corrected chi connectivity index (χ4v) is 1.75. The molecule has 1 heterocycles. The highest BCUT2D eigenvalue weighted by molar-refractivity contribution is 5.68. The summed E-state index contributed by atoms with van der Waals surface area (Å²) in [5.41, 5.74) is -0.407.